The topological polar surface area (TPSA) is 67.2 Å². The number of nitrogens with zero attached hydrogens (tertiary/aromatic N) is 2. The summed E-state index contributed by atoms with van der Waals surface area (Å²) in [7, 11) is 0. The molecule has 0 saturated carbocycles. The van der Waals surface area contributed by atoms with Crippen LogP contribution in [-0.4, -0.2) is 33.2 Å². The van der Waals surface area contributed by atoms with E-state index in [1.165, 1.54) is 11.3 Å². The fourth-order valence-electron chi connectivity index (χ4n) is 1.83. The van der Waals surface area contributed by atoms with Crippen LogP contribution in [0.1, 0.15) is 29.2 Å². The summed E-state index contributed by atoms with van der Waals surface area (Å²) >= 11 is 1.47. The van der Waals surface area contributed by atoms with Crippen LogP contribution < -0.4 is 5.32 Å². The molecule has 0 unspecified atom stereocenters. The number of hydrogen-bond donors (Lipinski definition) is 2. The average Bonchev–Trinajstić information content (AvgIpc) is 3.03. The van der Waals surface area contributed by atoms with Gasteiger partial charge in [0.15, 0.2) is 5.13 Å². The first-order valence-electron chi connectivity index (χ1n) is 6.55. The van der Waals surface area contributed by atoms with E-state index in [0.29, 0.717) is 5.69 Å². The molecule has 1 atom stereocenters. The molecule has 0 aromatic carbocycles. The fourth-order valence-corrected chi connectivity index (χ4v) is 2.70. The van der Waals surface area contributed by atoms with Crippen molar-refractivity contribution in [2.24, 2.45) is 5.92 Å². The molecule has 5 nitrogen and oxygen atoms in total. The summed E-state index contributed by atoms with van der Waals surface area (Å²) in [6.45, 7) is 5.72. The van der Waals surface area contributed by atoms with Gasteiger partial charge in [-0.15, -0.1) is 11.3 Å². The Kier molecular flexibility index (Phi) is 4.57. The number of carbonyl (C=O) groups is 1. The molecule has 0 fully saturated rings. The molecule has 0 aliphatic carbocycles. The van der Waals surface area contributed by atoms with Crippen LogP contribution in [0.3, 0.4) is 0 Å². The van der Waals surface area contributed by atoms with Crippen LogP contribution in [0.4, 0.5) is 0 Å². The summed E-state index contributed by atoms with van der Waals surface area (Å²) < 4.78 is 1.88. The van der Waals surface area contributed by atoms with Gasteiger partial charge < -0.3 is 15.0 Å². The molecular weight excluding hydrogens is 274 g/mol. The van der Waals surface area contributed by atoms with Crippen molar-refractivity contribution in [2.45, 2.75) is 26.8 Å². The highest BCUT2D eigenvalue weighted by atomic mass is 32.1. The third-order valence-electron chi connectivity index (χ3n) is 3.14. The van der Waals surface area contributed by atoms with E-state index in [1.807, 2.05) is 49.9 Å². The van der Waals surface area contributed by atoms with Gasteiger partial charge in [-0.2, -0.15) is 0 Å². The highest BCUT2D eigenvalue weighted by Crippen LogP contribution is 2.21. The number of aliphatic hydroxyl groups is 1. The summed E-state index contributed by atoms with van der Waals surface area (Å²) in [5, 5.41) is 12.9. The Labute approximate surface area is 122 Å². The zero-order chi connectivity index (χ0) is 14.7. The van der Waals surface area contributed by atoms with Crippen LogP contribution in [0, 0.1) is 12.8 Å². The standard InChI is InChI=1S/C14H19N3O2S/c1-9(2)11(8-18)15-13(19)12-10(3)20-14(16-12)17-6-4-5-7-17/h4-7,9,11,18H,8H2,1-3H3,(H,15,19)/t11-/m1/s1. The molecule has 0 spiro atoms. The zero-order valence-corrected chi connectivity index (χ0v) is 12.6. The van der Waals surface area contributed by atoms with Gasteiger partial charge in [0, 0.05) is 17.3 Å². The Bertz CT molecular complexity index is 575. The lowest BCUT2D eigenvalue weighted by atomic mass is 10.1. The van der Waals surface area contributed by atoms with Gasteiger partial charge in [-0.25, -0.2) is 4.98 Å². The molecule has 2 N–H and O–H groups in total. The van der Waals surface area contributed by atoms with Gasteiger partial charge in [-0.1, -0.05) is 13.8 Å². The Balaban J connectivity index is 2.18. The van der Waals surface area contributed by atoms with Crippen molar-refractivity contribution in [3.8, 4) is 5.13 Å². The molecule has 1 amide bonds. The van der Waals surface area contributed by atoms with Gasteiger partial charge >= 0.3 is 0 Å². The monoisotopic (exact) mass is 293 g/mol. The van der Waals surface area contributed by atoms with Crippen LogP contribution >= 0.6 is 11.3 Å². The van der Waals surface area contributed by atoms with Crippen LogP contribution in [0.2, 0.25) is 0 Å². The van der Waals surface area contributed by atoms with Gasteiger partial charge in [0.25, 0.3) is 5.91 Å². The second-order valence-electron chi connectivity index (χ2n) is 5.00. The molecule has 20 heavy (non-hydrogen) atoms. The lowest BCUT2D eigenvalue weighted by Crippen LogP contribution is -2.41. The minimum absolute atomic E-state index is 0.0724. The van der Waals surface area contributed by atoms with E-state index >= 15 is 0 Å². The quantitative estimate of drug-likeness (QED) is 0.886. The number of rotatable bonds is 5. The number of thiazole rings is 1. The van der Waals surface area contributed by atoms with Crippen molar-refractivity contribution < 1.29 is 9.90 Å². The maximum atomic E-state index is 12.2. The summed E-state index contributed by atoms with van der Waals surface area (Å²) in [5.41, 5.74) is 0.429. The first-order valence-corrected chi connectivity index (χ1v) is 7.37. The number of aryl methyl sites for hydroxylation is 1. The van der Waals surface area contributed by atoms with Crippen molar-refractivity contribution in [1.29, 1.82) is 0 Å². The van der Waals surface area contributed by atoms with E-state index in [4.69, 9.17) is 0 Å². The van der Waals surface area contributed by atoms with Gasteiger partial charge in [0.1, 0.15) is 5.69 Å². The number of aliphatic hydroxyl groups excluding tert-OH is 1. The second kappa shape index (κ2) is 6.19. The van der Waals surface area contributed by atoms with E-state index in [9.17, 15) is 9.90 Å². The van der Waals surface area contributed by atoms with E-state index in [-0.39, 0.29) is 24.5 Å². The van der Waals surface area contributed by atoms with Gasteiger partial charge in [-0.05, 0) is 25.0 Å². The molecule has 2 heterocycles. The fraction of sp³-hybridized carbons (Fsp3) is 0.429. The van der Waals surface area contributed by atoms with E-state index < -0.39 is 0 Å². The highest BCUT2D eigenvalue weighted by Gasteiger charge is 2.20. The normalized spacial score (nSPS) is 12.7. The highest BCUT2D eigenvalue weighted by molar-refractivity contribution is 7.14. The SMILES string of the molecule is Cc1sc(-n2cccc2)nc1C(=O)N[C@H](CO)C(C)C. The Morgan fingerprint density at radius 1 is 1.45 bits per heavy atom. The summed E-state index contributed by atoms with van der Waals surface area (Å²) in [6, 6.07) is 3.58. The summed E-state index contributed by atoms with van der Waals surface area (Å²) in [5.74, 6) is -0.0586. The largest absolute Gasteiger partial charge is 0.394 e. The van der Waals surface area contributed by atoms with Crippen molar-refractivity contribution in [1.82, 2.24) is 14.9 Å². The molecule has 108 valence electrons. The van der Waals surface area contributed by atoms with E-state index in [1.54, 1.807) is 0 Å². The average molecular weight is 293 g/mol. The van der Waals surface area contributed by atoms with Gasteiger partial charge in [-0.3, -0.25) is 4.79 Å². The molecule has 6 heteroatoms. The first kappa shape index (κ1) is 14.7. The lowest BCUT2D eigenvalue weighted by Gasteiger charge is -2.19. The van der Waals surface area contributed by atoms with Gasteiger partial charge in [0.2, 0.25) is 0 Å². The van der Waals surface area contributed by atoms with E-state index in [0.717, 1.165) is 10.0 Å². The Hall–Kier alpha value is -1.66. The number of carbonyl (C=O) groups excluding carboxylic acids is 1. The van der Waals surface area contributed by atoms with Crippen LogP contribution in [0.5, 0.6) is 0 Å². The third kappa shape index (κ3) is 3.08. The predicted octanol–water partition coefficient (Wildman–Crippen LogP) is 1.99. The number of aromatic nitrogens is 2. The smallest absolute Gasteiger partial charge is 0.271 e. The molecule has 0 radical (unpaired) electrons. The molecule has 2 rings (SSSR count). The Morgan fingerprint density at radius 2 is 2.10 bits per heavy atom. The maximum Gasteiger partial charge on any atom is 0.271 e. The second-order valence-corrected chi connectivity index (χ2v) is 6.18. The van der Waals surface area contributed by atoms with Crippen molar-refractivity contribution in [3.63, 3.8) is 0 Å². The molecular formula is C14H19N3O2S. The third-order valence-corrected chi connectivity index (χ3v) is 4.13. The molecule has 2 aromatic rings. The molecule has 0 aliphatic rings. The Morgan fingerprint density at radius 3 is 2.65 bits per heavy atom. The summed E-state index contributed by atoms with van der Waals surface area (Å²) in [4.78, 5) is 17.5. The van der Waals surface area contributed by atoms with E-state index in [2.05, 4.69) is 10.3 Å². The predicted molar refractivity (Wildman–Crippen MR) is 79.4 cm³/mol. The van der Waals surface area contributed by atoms with Crippen molar-refractivity contribution >= 4 is 17.2 Å². The minimum atomic E-state index is -0.251. The van der Waals surface area contributed by atoms with Gasteiger partial charge in [0.05, 0.1) is 12.6 Å². The molecule has 0 aliphatic heterocycles. The number of amides is 1. The molecule has 2 aromatic heterocycles. The number of nitrogens with one attached hydrogen (secondary N) is 1. The molecule has 0 saturated heterocycles. The van der Waals surface area contributed by atoms with Crippen molar-refractivity contribution in [3.05, 3.63) is 35.1 Å². The van der Waals surface area contributed by atoms with Crippen molar-refractivity contribution in [2.75, 3.05) is 6.61 Å². The number of hydrogen-bond acceptors (Lipinski definition) is 4. The lowest BCUT2D eigenvalue weighted by molar-refractivity contribution is 0.0892. The summed E-state index contributed by atoms with van der Waals surface area (Å²) in [6.07, 6.45) is 3.79. The van der Waals surface area contributed by atoms with Crippen LogP contribution in [0.25, 0.3) is 5.13 Å². The van der Waals surface area contributed by atoms with Crippen LogP contribution in [-0.2, 0) is 0 Å². The zero-order valence-electron chi connectivity index (χ0n) is 11.8. The van der Waals surface area contributed by atoms with Crippen LogP contribution in [0.15, 0.2) is 24.5 Å². The minimum Gasteiger partial charge on any atom is -0.394 e. The first-order chi connectivity index (χ1) is 9.52. The maximum absolute atomic E-state index is 12.2. The molecule has 0 bridgehead atoms.